The van der Waals surface area contributed by atoms with Crippen molar-refractivity contribution in [3.63, 3.8) is 0 Å². The lowest BCUT2D eigenvalue weighted by Gasteiger charge is -2.30. The average molecular weight is 419 g/mol. The molecule has 2 heterocycles. The van der Waals surface area contributed by atoms with Gasteiger partial charge in [0.05, 0.1) is 31.0 Å². The molecule has 0 bridgehead atoms. The first-order valence-electron chi connectivity index (χ1n) is 10.3. The topological polar surface area (TPSA) is 80.5 Å². The third-order valence-corrected chi connectivity index (χ3v) is 6.28. The van der Waals surface area contributed by atoms with E-state index in [4.69, 9.17) is 16.3 Å². The summed E-state index contributed by atoms with van der Waals surface area (Å²) in [6.45, 7) is 4.76. The zero-order chi connectivity index (χ0) is 20.5. The van der Waals surface area contributed by atoms with Gasteiger partial charge in [0.1, 0.15) is 5.82 Å². The second kappa shape index (κ2) is 8.32. The van der Waals surface area contributed by atoms with E-state index in [0.29, 0.717) is 23.1 Å². The van der Waals surface area contributed by atoms with Crippen LogP contribution in [-0.2, 0) is 17.8 Å². The monoisotopic (exact) mass is 418 g/mol. The van der Waals surface area contributed by atoms with Crippen LogP contribution in [0.25, 0.3) is 5.69 Å². The molecule has 1 atom stereocenters. The van der Waals surface area contributed by atoms with Crippen molar-refractivity contribution in [1.29, 1.82) is 0 Å². The zero-order valence-electron chi connectivity index (χ0n) is 16.8. The summed E-state index contributed by atoms with van der Waals surface area (Å²) in [5.41, 5.74) is 1.79. The normalized spacial score (nSPS) is 22.5. The number of hydrogen-bond acceptors (Lipinski definition) is 4. The molecular formula is C21H27ClN4O3. The number of benzene rings is 1. The number of carbonyl (C=O) groups is 1. The van der Waals surface area contributed by atoms with Gasteiger partial charge in [0.15, 0.2) is 5.82 Å². The van der Waals surface area contributed by atoms with Crippen molar-refractivity contribution in [1.82, 2.24) is 19.7 Å². The Bertz CT molecular complexity index is 892. The average Bonchev–Trinajstić information content (AvgIpc) is 3.04. The highest BCUT2D eigenvalue weighted by Gasteiger charge is 2.32. The van der Waals surface area contributed by atoms with E-state index in [1.165, 1.54) is 4.90 Å². The number of fused-ring (bicyclic) bond motifs is 3. The Morgan fingerprint density at radius 1 is 1.28 bits per heavy atom. The van der Waals surface area contributed by atoms with E-state index in [9.17, 15) is 9.90 Å². The van der Waals surface area contributed by atoms with Gasteiger partial charge in [-0.2, -0.15) is 0 Å². The molecule has 0 saturated heterocycles. The van der Waals surface area contributed by atoms with E-state index in [-0.39, 0.29) is 19.0 Å². The number of nitrogens with zero attached hydrogens (tertiary/aromatic N) is 4. The van der Waals surface area contributed by atoms with Gasteiger partial charge in [0.2, 0.25) is 0 Å². The second-order valence-electron chi connectivity index (χ2n) is 8.05. The van der Waals surface area contributed by atoms with Crippen LogP contribution in [0.2, 0.25) is 5.02 Å². The predicted octanol–water partition coefficient (Wildman–Crippen LogP) is 4.76. The smallest absolute Gasteiger partial charge is 0.408 e. The summed E-state index contributed by atoms with van der Waals surface area (Å²) < 4.78 is 8.17. The summed E-state index contributed by atoms with van der Waals surface area (Å²) in [5, 5.41) is 19.0. The Kier molecular flexibility index (Phi) is 5.79. The number of aromatic nitrogens is 3. The molecule has 0 radical (unpaired) electrons. The van der Waals surface area contributed by atoms with E-state index in [1.54, 1.807) is 0 Å². The van der Waals surface area contributed by atoms with Gasteiger partial charge < -0.3 is 9.84 Å². The van der Waals surface area contributed by atoms with Crippen molar-refractivity contribution < 1.29 is 14.6 Å². The van der Waals surface area contributed by atoms with Crippen molar-refractivity contribution in [2.45, 2.75) is 77.2 Å². The molecule has 1 aliphatic carbocycles. The molecule has 1 N–H and O–H groups in total. The van der Waals surface area contributed by atoms with Gasteiger partial charge >= 0.3 is 6.09 Å². The Morgan fingerprint density at radius 3 is 2.72 bits per heavy atom. The molecule has 0 spiro atoms. The Balaban J connectivity index is 1.63. The highest BCUT2D eigenvalue weighted by Crippen LogP contribution is 2.37. The summed E-state index contributed by atoms with van der Waals surface area (Å²) in [4.78, 5) is 13.0. The molecule has 1 fully saturated rings. The molecule has 1 amide bonds. The van der Waals surface area contributed by atoms with Gasteiger partial charge in [0, 0.05) is 10.9 Å². The SMILES string of the molecule is CCC(C)O[C@H]1CC[C@H](c2nnc3n2-c2ccc(Cl)cc2CN(C(=O)O)C3)CC1. The van der Waals surface area contributed by atoms with E-state index in [2.05, 4.69) is 28.6 Å². The molecule has 1 aromatic heterocycles. The van der Waals surface area contributed by atoms with Gasteiger partial charge in [-0.3, -0.25) is 9.47 Å². The van der Waals surface area contributed by atoms with Crippen LogP contribution in [0.3, 0.4) is 0 Å². The Morgan fingerprint density at radius 2 is 2.03 bits per heavy atom. The molecule has 1 unspecified atom stereocenters. The maximum absolute atomic E-state index is 11.7. The lowest BCUT2D eigenvalue weighted by atomic mass is 9.86. The van der Waals surface area contributed by atoms with E-state index >= 15 is 0 Å². The number of amides is 1. The predicted molar refractivity (Wildman–Crippen MR) is 109 cm³/mol. The lowest BCUT2D eigenvalue weighted by Crippen LogP contribution is -2.28. The molecule has 156 valence electrons. The molecule has 1 saturated carbocycles. The minimum atomic E-state index is -0.975. The van der Waals surface area contributed by atoms with E-state index in [1.807, 2.05) is 18.2 Å². The third kappa shape index (κ3) is 4.12. The summed E-state index contributed by atoms with van der Waals surface area (Å²) >= 11 is 6.20. The van der Waals surface area contributed by atoms with Gasteiger partial charge in [-0.25, -0.2) is 4.79 Å². The first-order valence-corrected chi connectivity index (χ1v) is 10.7. The fourth-order valence-corrected chi connectivity index (χ4v) is 4.50. The Hall–Kier alpha value is -2.12. The number of halogens is 1. The van der Waals surface area contributed by atoms with Crippen molar-refractivity contribution in [3.05, 3.63) is 40.4 Å². The third-order valence-electron chi connectivity index (χ3n) is 6.04. The maximum atomic E-state index is 11.7. The molecule has 29 heavy (non-hydrogen) atoms. The van der Waals surface area contributed by atoms with Crippen LogP contribution in [0.4, 0.5) is 4.79 Å². The fraction of sp³-hybridized carbons (Fsp3) is 0.571. The molecular weight excluding hydrogens is 392 g/mol. The molecule has 1 aliphatic heterocycles. The molecule has 2 aromatic rings. The summed E-state index contributed by atoms with van der Waals surface area (Å²) in [5.74, 6) is 1.85. The highest BCUT2D eigenvalue weighted by atomic mass is 35.5. The quantitative estimate of drug-likeness (QED) is 0.774. The first-order chi connectivity index (χ1) is 14.0. The number of carboxylic acid groups (broad SMARTS) is 1. The van der Waals surface area contributed by atoms with Crippen LogP contribution < -0.4 is 0 Å². The maximum Gasteiger partial charge on any atom is 0.408 e. The fourth-order valence-electron chi connectivity index (χ4n) is 4.31. The minimum absolute atomic E-state index is 0.209. The minimum Gasteiger partial charge on any atom is -0.465 e. The van der Waals surface area contributed by atoms with Crippen molar-refractivity contribution in [2.75, 3.05) is 0 Å². The summed E-state index contributed by atoms with van der Waals surface area (Å²) in [6, 6.07) is 5.61. The highest BCUT2D eigenvalue weighted by molar-refractivity contribution is 6.30. The van der Waals surface area contributed by atoms with E-state index in [0.717, 1.165) is 49.2 Å². The second-order valence-corrected chi connectivity index (χ2v) is 8.49. The lowest BCUT2D eigenvalue weighted by molar-refractivity contribution is -0.0251. The van der Waals surface area contributed by atoms with E-state index < -0.39 is 6.09 Å². The van der Waals surface area contributed by atoms with Gasteiger partial charge in [-0.15, -0.1) is 10.2 Å². The first kappa shape index (κ1) is 20.2. The van der Waals surface area contributed by atoms with Crippen LogP contribution in [0, 0.1) is 0 Å². The van der Waals surface area contributed by atoms with Crippen LogP contribution in [-0.4, -0.2) is 43.1 Å². The number of hydrogen-bond donors (Lipinski definition) is 1. The number of ether oxygens (including phenoxy) is 1. The van der Waals surface area contributed by atoms with Gasteiger partial charge in [-0.1, -0.05) is 18.5 Å². The summed E-state index contributed by atoms with van der Waals surface area (Å²) in [6.07, 6.45) is 4.64. The van der Waals surface area contributed by atoms with Gasteiger partial charge in [-0.05, 0) is 62.8 Å². The largest absolute Gasteiger partial charge is 0.465 e. The molecule has 7 nitrogen and oxygen atoms in total. The van der Waals surface area contributed by atoms with Crippen LogP contribution in [0.5, 0.6) is 0 Å². The Labute approximate surface area is 175 Å². The standard InChI is InChI=1S/C21H27ClN4O3/c1-3-13(2)29-17-7-4-14(5-8-17)20-24-23-19-12-25(21(27)28)11-15-10-16(22)6-9-18(15)26(19)20/h6,9-10,13-14,17H,3-5,7-8,11-12H2,1-2H3,(H,27,28)/t13?,14-,17-. The molecule has 1 aromatic carbocycles. The van der Waals surface area contributed by atoms with Crippen molar-refractivity contribution in [2.24, 2.45) is 0 Å². The van der Waals surface area contributed by atoms with Crippen LogP contribution >= 0.6 is 11.6 Å². The van der Waals surface area contributed by atoms with Crippen molar-refractivity contribution >= 4 is 17.7 Å². The zero-order valence-corrected chi connectivity index (χ0v) is 17.6. The van der Waals surface area contributed by atoms with Gasteiger partial charge in [0.25, 0.3) is 0 Å². The van der Waals surface area contributed by atoms with Crippen LogP contribution in [0.1, 0.15) is 69.1 Å². The molecule has 8 heteroatoms. The number of rotatable bonds is 4. The summed E-state index contributed by atoms with van der Waals surface area (Å²) in [7, 11) is 0. The molecule has 2 aliphatic rings. The van der Waals surface area contributed by atoms with Crippen LogP contribution in [0.15, 0.2) is 18.2 Å². The molecule has 4 rings (SSSR count). The van der Waals surface area contributed by atoms with Crippen molar-refractivity contribution in [3.8, 4) is 5.69 Å².